The summed E-state index contributed by atoms with van der Waals surface area (Å²) in [4.78, 5) is 25.2. The molecule has 434 valence electrons. The van der Waals surface area contributed by atoms with E-state index in [4.69, 9.17) is 28.4 Å². The van der Waals surface area contributed by atoms with Crippen LogP contribution in [0.5, 0.6) is 0 Å². The standard InChI is InChI=1S/C54H100N2O18/c1-4-6-8-10-12-14-16-18-20-22-24-26-28-30-38(61)37(56-42(62)31-29-27-25-23-21-19-17-15-13-11-9-7-5-2)35-69-53-48(67)46(65)51(40(33-58)71-53)74-54-49(68)47(66)50(41(34-59)72-54)73-52-43(55-36(3)60)45(64)44(63)39(32-57)70-52/h28,30,37-41,43-54,57-59,61,63-68H,4-27,29,31-35H2,1-3H3,(H,55,60)(H,56,62)/t37-,38+,39+,40+,41+,43+,44-,45+,46+,47+,48?,49+,50-,51+,52-,53+,54-/m0/s1. The van der Waals surface area contributed by atoms with Crippen molar-refractivity contribution in [3.05, 3.63) is 12.2 Å². The average Bonchev–Trinajstić information content (AvgIpc) is 3.38. The number of carbonyl (C=O) groups is 2. The minimum atomic E-state index is -1.99. The number of nitrogens with one attached hydrogen (secondary N) is 2. The summed E-state index contributed by atoms with van der Waals surface area (Å²) in [5, 5.41) is 113. The molecule has 3 heterocycles. The lowest BCUT2D eigenvalue weighted by molar-refractivity contribution is -0.374. The van der Waals surface area contributed by atoms with Crippen molar-refractivity contribution in [1.29, 1.82) is 0 Å². The van der Waals surface area contributed by atoms with Gasteiger partial charge in [-0.3, -0.25) is 9.59 Å². The molecule has 3 aliphatic heterocycles. The highest BCUT2D eigenvalue weighted by atomic mass is 16.8. The molecule has 3 saturated heterocycles. The maximum absolute atomic E-state index is 13.3. The normalized spacial score (nSPS) is 31.4. The Kier molecular flexibility index (Phi) is 34.6. The van der Waals surface area contributed by atoms with Gasteiger partial charge in [-0.2, -0.15) is 0 Å². The minimum absolute atomic E-state index is 0.244. The number of amides is 2. The van der Waals surface area contributed by atoms with Crippen molar-refractivity contribution < 1.29 is 89.1 Å². The van der Waals surface area contributed by atoms with Crippen LogP contribution < -0.4 is 10.6 Å². The van der Waals surface area contributed by atoms with E-state index in [1.54, 1.807) is 6.08 Å². The fraction of sp³-hybridized carbons (Fsp3) is 0.926. The average molecular weight is 1070 g/mol. The van der Waals surface area contributed by atoms with Crippen LogP contribution in [0, 0.1) is 0 Å². The Labute approximate surface area is 440 Å². The summed E-state index contributed by atoms with van der Waals surface area (Å²) in [6.07, 6.45) is 8.28. The van der Waals surface area contributed by atoms with Gasteiger partial charge in [-0.25, -0.2) is 0 Å². The first-order valence-electron chi connectivity index (χ1n) is 28.4. The number of hydrogen-bond acceptors (Lipinski definition) is 18. The van der Waals surface area contributed by atoms with Gasteiger partial charge in [-0.05, 0) is 19.3 Å². The lowest BCUT2D eigenvalue weighted by Crippen LogP contribution is -2.68. The molecule has 17 atom stereocenters. The van der Waals surface area contributed by atoms with Crippen LogP contribution in [0.2, 0.25) is 0 Å². The minimum Gasteiger partial charge on any atom is -0.394 e. The van der Waals surface area contributed by atoms with Crippen molar-refractivity contribution in [2.45, 2.75) is 292 Å². The van der Waals surface area contributed by atoms with Gasteiger partial charge in [0, 0.05) is 13.3 Å². The Morgan fingerprint density at radius 1 is 0.527 bits per heavy atom. The van der Waals surface area contributed by atoms with Crippen LogP contribution in [-0.2, 0) is 38.0 Å². The highest BCUT2D eigenvalue weighted by molar-refractivity contribution is 5.76. The smallest absolute Gasteiger partial charge is 0.220 e. The van der Waals surface area contributed by atoms with Gasteiger partial charge in [0.05, 0.1) is 38.6 Å². The molecule has 0 spiro atoms. The molecule has 0 aliphatic carbocycles. The second kappa shape index (κ2) is 38.6. The topological polar surface area (TPSA) is 316 Å². The van der Waals surface area contributed by atoms with Crippen LogP contribution >= 0.6 is 0 Å². The maximum Gasteiger partial charge on any atom is 0.220 e. The summed E-state index contributed by atoms with van der Waals surface area (Å²) in [7, 11) is 0. The second-order valence-electron chi connectivity index (χ2n) is 20.8. The first-order chi connectivity index (χ1) is 35.7. The zero-order chi connectivity index (χ0) is 54.3. The molecule has 3 fully saturated rings. The second-order valence-corrected chi connectivity index (χ2v) is 20.8. The zero-order valence-corrected chi connectivity index (χ0v) is 44.9. The Morgan fingerprint density at radius 3 is 1.42 bits per heavy atom. The SMILES string of the molecule is CCCCCCCCCCCCCC=C[C@@H](O)[C@H](CO[C@@H]1O[C@H](CO)[C@@H](O[C@@H]2O[C@H](CO)[C@H](O[C@@H]3O[C@H](CO)[C@H](O)[C@H](O)[C@H]3NC(C)=O)[C@H](O)[C@H]2O)[C@H](O)C1O)NC(=O)CCCCCCCCCCCCCCC. The Hall–Kier alpha value is -1.96. The molecule has 0 aromatic carbocycles. The highest BCUT2D eigenvalue weighted by Gasteiger charge is 2.54. The van der Waals surface area contributed by atoms with Gasteiger partial charge in [0.25, 0.3) is 0 Å². The monoisotopic (exact) mass is 1060 g/mol. The molecular weight excluding hydrogens is 965 g/mol. The van der Waals surface area contributed by atoms with Gasteiger partial charge in [0.2, 0.25) is 11.8 Å². The molecule has 20 nitrogen and oxygen atoms in total. The van der Waals surface area contributed by atoms with Crippen LogP contribution in [0.4, 0.5) is 0 Å². The number of aliphatic hydroxyl groups is 10. The first kappa shape index (κ1) is 66.3. The van der Waals surface area contributed by atoms with Crippen LogP contribution in [0.25, 0.3) is 0 Å². The van der Waals surface area contributed by atoms with Crippen molar-refractivity contribution in [1.82, 2.24) is 10.6 Å². The van der Waals surface area contributed by atoms with E-state index in [0.717, 1.165) is 51.9 Å². The number of aliphatic hydroxyl groups excluding tert-OH is 10. The van der Waals surface area contributed by atoms with E-state index in [1.165, 1.54) is 109 Å². The van der Waals surface area contributed by atoms with Gasteiger partial charge < -0.3 is 90.1 Å². The largest absolute Gasteiger partial charge is 0.394 e. The predicted octanol–water partition coefficient (Wildman–Crippen LogP) is 3.18. The van der Waals surface area contributed by atoms with Crippen molar-refractivity contribution in [3.8, 4) is 0 Å². The van der Waals surface area contributed by atoms with Crippen molar-refractivity contribution in [3.63, 3.8) is 0 Å². The number of unbranched alkanes of at least 4 members (excludes halogenated alkanes) is 23. The molecule has 0 saturated carbocycles. The molecule has 3 rings (SSSR count). The Bertz CT molecular complexity index is 1480. The Morgan fingerprint density at radius 2 is 0.946 bits per heavy atom. The summed E-state index contributed by atoms with van der Waals surface area (Å²) in [6.45, 7) is 2.80. The molecule has 74 heavy (non-hydrogen) atoms. The molecule has 0 bridgehead atoms. The highest BCUT2D eigenvalue weighted by Crippen LogP contribution is 2.33. The fourth-order valence-electron chi connectivity index (χ4n) is 9.89. The van der Waals surface area contributed by atoms with Gasteiger partial charge in [0.1, 0.15) is 73.2 Å². The van der Waals surface area contributed by atoms with Gasteiger partial charge in [-0.1, -0.05) is 167 Å². The lowest BCUT2D eigenvalue weighted by atomic mass is 9.95. The van der Waals surface area contributed by atoms with E-state index in [9.17, 15) is 60.7 Å². The van der Waals surface area contributed by atoms with E-state index in [1.807, 2.05) is 6.08 Å². The molecule has 12 N–H and O–H groups in total. The molecule has 1 unspecified atom stereocenters. The Balaban J connectivity index is 1.58. The quantitative estimate of drug-likeness (QED) is 0.0310. The van der Waals surface area contributed by atoms with Crippen molar-refractivity contribution in [2.75, 3.05) is 26.4 Å². The van der Waals surface area contributed by atoms with Crippen molar-refractivity contribution >= 4 is 11.8 Å². The van der Waals surface area contributed by atoms with Crippen molar-refractivity contribution in [2.24, 2.45) is 0 Å². The summed E-state index contributed by atoms with van der Waals surface area (Å²) < 4.78 is 34.8. The molecule has 20 heteroatoms. The summed E-state index contributed by atoms with van der Waals surface area (Å²) in [6, 6.07) is -2.40. The van der Waals surface area contributed by atoms with Crippen LogP contribution in [-0.4, -0.2) is 194 Å². The van der Waals surface area contributed by atoms with Crippen LogP contribution in [0.3, 0.4) is 0 Å². The third-order valence-electron chi connectivity index (χ3n) is 14.5. The van der Waals surface area contributed by atoms with Crippen LogP contribution in [0.1, 0.15) is 188 Å². The third kappa shape index (κ3) is 23.6. The number of carbonyl (C=O) groups excluding carboxylic acids is 2. The summed E-state index contributed by atoms with van der Waals surface area (Å²) in [5.74, 6) is -0.926. The number of hydrogen-bond donors (Lipinski definition) is 12. The van der Waals surface area contributed by atoms with Crippen LogP contribution in [0.15, 0.2) is 12.2 Å². The number of ether oxygens (including phenoxy) is 6. The van der Waals surface area contributed by atoms with Gasteiger partial charge in [-0.15, -0.1) is 0 Å². The van der Waals surface area contributed by atoms with E-state index < -0.39 is 130 Å². The van der Waals surface area contributed by atoms with Gasteiger partial charge >= 0.3 is 0 Å². The van der Waals surface area contributed by atoms with E-state index in [2.05, 4.69) is 24.5 Å². The molecule has 0 aromatic rings. The number of allylic oxidation sites excluding steroid dienone is 1. The zero-order valence-electron chi connectivity index (χ0n) is 44.9. The predicted molar refractivity (Wildman–Crippen MR) is 275 cm³/mol. The fourth-order valence-corrected chi connectivity index (χ4v) is 9.89. The first-order valence-corrected chi connectivity index (χ1v) is 28.4. The van der Waals surface area contributed by atoms with Gasteiger partial charge in [0.15, 0.2) is 18.9 Å². The maximum atomic E-state index is 13.3. The molecule has 3 aliphatic rings. The molecule has 0 aromatic heterocycles. The molecule has 2 amide bonds. The third-order valence-corrected chi connectivity index (χ3v) is 14.5. The van der Waals surface area contributed by atoms with E-state index in [-0.39, 0.29) is 18.9 Å². The summed E-state index contributed by atoms with van der Waals surface area (Å²) in [5.41, 5.74) is 0. The lowest BCUT2D eigenvalue weighted by Gasteiger charge is -2.48. The summed E-state index contributed by atoms with van der Waals surface area (Å²) >= 11 is 0. The van der Waals surface area contributed by atoms with E-state index >= 15 is 0 Å². The van der Waals surface area contributed by atoms with E-state index in [0.29, 0.717) is 6.42 Å². The molecular formula is C54H100N2O18. The number of rotatable bonds is 40. The molecule has 0 radical (unpaired) electrons.